The lowest BCUT2D eigenvalue weighted by molar-refractivity contribution is -0.111. The third-order valence-corrected chi connectivity index (χ3v) is 5.92. The van der Waals surface area contributed by atoms with Gasteiger partial charge in [-0.25, -0.2) is 0 Å². The molecule has 0 aliphatic rings. The maximum absolute atomic E-state index is 12.9. The number of carbonyl (C=O) groups excluding carboxylic acids is 1. The third kappa shape index (κ3) is 4.93. The fourth-order valence-corrected chi connectivity index (χ4v) is 4.20. The Morgan fingerprint density at radius 3 is 2.35 bits per heavy atom. The fourth-order valence-electron chi connectivity index (χ4n) is 3.04. The van der Waals surface area contributed by atoms with E-state index in [0.717, 1.165) is 28.2 Å². The van der Waals surface area contributed by atoms with Gasteiger partial charge in [0.15, 0.2) is 5.57 Å². The van der Waals surface area contributed by atoms with Crippen LogP contribution in [0.5, 0.6) is 0 Å². The van der Waals surface area contributed by atoms with E-state index in [9.17, 15) is 14.9 Å². The number of nitrogens with one attached hydrogen (secondary N) is 1. The van der Waals surface area contributed by atoms with Gasteiger partial charge in [-0.3, -0.25) is 14.2 Å². The molecular weight excluding hydrogens is 408 g/mol. The number of thiazole rings is 1. The number of nitriles is 1. The van der Waals surface area contributed by atoms with Crippen molar-refractivity contribution < 1.29 is 4.79 Å². The van der Waals surface area contributed by atoms with Crippen LogP contribution in [-0.4, -0.2) is 24.6 Å². The maximum atomic E-state index is 12.9. The molecule has 2 aromatic carbocycles. The van der Waals surface area contributed by atoms with Crippen molar-refractivity contribution >= 4 is 40.3 Å². The summed E-state index contributed by atoms with van der Waals surface area (Å²) in [7, 11) is 3.93. The number of anilines is 2. The van der Waals surface area contributed by atoms with E-state index in [0.29, 0.717) is 21.4 Å². The summed E-state index contributed by atoms with van der Waals surface area (Å²) in [6.07, 6.45) is 1.79. The lowest BCUT2D eigenvalue weighted by Crippen LogP contribution is -2.33. The van der Waals surface area contributed by atoms with Crippen LogP contribution in [0, 0.1) is 18.3 Å². The first kappa shape index (κ1) is 22.1. The first-order valence-electron chi connectivity index (χ1n) is 9.85. The van der Waals surface area contributed by atoms with E-state index in [1.54, 1.807) is 18.2 Å². The maximum Gasteiger partial charge on any atom is 0.269 e. The van der Waals surface area contributed by atoms with Crippen molar-refractivity contribution in [3.63, 3.8) is 0 Å². The van der Waals surface area contributed by atoms with Crippen molar-refractivity contribution in [3.8, 4) is 6.07 Å². The molecule has 1 amide bonds. The molecule has 0 atom stereocenters. The summed E-state index contributed by atoms with van der Waals surface area (Å²) in [5, 5.41) is 12.4. The van der Waals surface area contributed by atoms with Crippen molar-refractivity contribution in [2.75, 3.05) is 24.3 Å². The molecule has 31 heavy (non-hydrogen) atoms. The lowest BCUT2D eigenvalue weighted by Gasteiger charge is -2.11. The van der Waals surface area contributed by atoms with Crippen LogP contribution in [0.1, 0.15) is 18.1 Å². The molecule has 158 valence electrons. The topological polar surface area (TPSA) is 78.1 Å². The van der Waals surface area contributed by atoms with E-state index in [4.69, 9.17) is 0 Å². The number of nitrogens with zero attached hydrogens (tertiary/aromatic N) is 3. The zero-order chi connectivity index (χ0) is 22.5. The molecule has 0 radical (unpaired) electrons. The second kappa shape index (κ2) is 9.45. The standard InChI is InChI=1S/C24H24N4O2S/c1-5-28-23(30)21(14-17-8-12-19(13-9-17)27(3)4)31-24(28)20(15-25)22(29)26-18-10-6-16(2)7-11-18/h6-14H,5H2,1-4H3,(H,26,29)/b21-14+,24-20-. The summed E-state index contributed by atoms with van der Waals surface area (Å²) in [6, 6.07) is 17.1. The monoisotopic (exact) mass is 432 g/mol. The molecule has 1 N–H and O–H groups in total. The fraction of sp³-hybridized carbons (Fsp3) is 0.208. The Hall–Kier alpha value is -3.63. The molecule has 0 saturated heterocycles. The number of aromatic nitrogens is 1. The van der Waals surface area contributed by atoms with Crippen LogP contribution in [0.4, 0.5) is 11.4 Å². The Labute approximate surface area is 185 Å². The van der Waals surface area contributed by atoms with Crippen LogP contribution in [0.25, 0.3) is 11.6 Å². The molecule has 0 unspecified atom stereocenters. The summed E-state index contributed by atoms with van der Waals surface area (Å²) in [4.78, 5) is 27.7. The number of aryl methyl sites for hydroxylation is 1. The normalized spacial score (nSPS) is 12.3. The van der Waals surface area contributed by atoms with Gasteiger partial charge in [-0.1, -0.05) is 29.8 Å². The van der Waals surface area contributed by atoms with E-state index in [1.807, 2.05) is 75.3 Å². The highest BCUT2D eigenvalue weighted by molar-refractivity contribution is 7.07. The van der Waals surface area contributed by atoms with Crippen LogP contribution >= 0.6 is 11.3 Å². The predicted molar refractivity (Wildman–Crippen MR) is 127 cm³/mol. The van der Waals surface area contributed by atoms with Crippen LogP contribution in [0.3, 0.4) is 0 Å². The van der Waals surface area contributed by atoms with Gasteiger partial charge in [0.05, 0.1) is 4.53 Å². The SMILES string of the molecule is CCn1c(=O)/c(=C\c2ccc(N(C)C)cc2)s/c1=C(/C#N)C(=O)Nc1ccc(C)cc1. The predicted octanol–water partition coefficient (Wildman–Crippen LogP) is 2.45. The van der Waals surface area contributed by atoms with Gasteiger partial charge in [0.2, 0.25) is 0 Å². The minimum absolute atomic E-state index is 0.0767. The van der Waals surface area contributed by atoms with E-state index in [1.165, 1.54) is 4.57 Å². The van der Waals surface area contributed by atoms with E-state index >= 15 is 0 Å². The molecule has 0 aliphatic carbocycles. The lowest BCUT2D eigenvalue weighted by atomic mass is 10.2. The highest BCUT2D eigenvalue weighted by Gasteiger charge is 2.15. The minimum atomic E-state index is -0.531. The number of hydrogen-bond donors (Lipinski definition) is 1. The molecule has 3 rings (SSSR count). The first-order valence-corrected chi connectivity index (χ1v) is 10.7. The van der Waals surface area contributed by atoms with Crippen LogP contribution in [-0.2, 0) is 11.3 Å². The smallest absolute Gasteiger partial charge is 0.269 e. The molecular formula is C24H24N4O2S. The molecule has 6 nitrogen and oxygen atoms in total. The van der Waals surface area contributed by atoms with Crippen molar-refractivity contribution in [1.29, 1.82) is 5.26 Å². The van der Waals surface area contributed by atoms with Gasteiger partial charge in [-0.15, -0.1) is 11.3 Å². The summed E-state index contributed by atoms with van der Waals surface area (Å²) in [6.45, 7) is 4.14. The summed E-state index contributed by atoms with van der Waals surface area (Å²) >= 11 is 1.15. The molecule has 0 fully saturated rings. The average Bonchev–Trinajstić information content (AvgIpc) is 3.05. The highest BCUT2D eigenvalue weighted by atomic mass is 32.1. The second-order valence-electron chi connectivity index (χ2n) is 7.26. The van der Waals surface area contributed by atoms with E-state index < -0.39 is 5.91 Å². The van der Waals surface area contributed by atoms with Gasteiger partial charge in [-0.2, -0.15) is 5.26 Å². The van der Waals surface area contributed by atoms with Crippen molar-refractivity contribution in [2.45, 2.75) is 20.4 Å². The quantitative estimate of drug-likeness (QED) is 0.672. The van der Waals surface area contributed by atoms with Crippen molar-refractivity contribution in [2.24, 2.45) is 0 Å². The Balaban J connectivity index is 2.08. The van der Waals surface area contributed by atoms with Gasteiger partial charge in [0, 0.05) is 32.0 Å². The third-order valence-electron chi connectivity index (χ3n) is 4.79. The van der Waals surface area contributed by atoms with Crippen molar-refractivity contribution in [1.82, 2.24) is 4.57 Å². The number of carbonyl (C=O) groups is 1. The van der Waals surface area contributed by atoms with Crippen molar-refractivity contribution in [3.05, 3.63) is 79.2 Å². The van der Waals surface area contributed by atoms with Gasteiger partial charge < -0.3 is 10.2 Å². The Bertz CT molecular complexity index is 1310. The summed E-state index contributed by atoms with van der Waals surface area (Å²) < 4.78 is 2.30. The highest BCUT2D eigenvalue weighted by Crippen LogP contribution is 2.13. The number of hydrogen-bond acceptors (Lipinski definition) is 5. The van der Waals surface area contributed by atoms with Gasteiger partial charge >= 0.3 is 0 Å². The number of rotatable bonds is 5. The van der Waals surface area contributed by atoms with Crippen LogP contribution in [0.15, 0.2) is 53.3 Å². The molecule has 3 aromatic rings. The largest absolute Gasteiger partial charge is 0.378 e. The average molecular weight is 433 g/mol. The first-order chi connectivity index (χ1) is 14.8. The number of benzene rings is 2. The number of amides is 1. The Morgan fingerprint density at radius 2 is 1.81 bits per heavy atom. The molecule has 0 saturated carbocycles. The molecule has 0 spiro atoms. The van der Waals surface area contributed by atoms with E-state index in [2.05, 4.69) is 5.32 Å². The molecule has 0 bridgehead atoms. The summed E-state index contributed by atoms with van der Waals surface area (Å²) in [5.41, 5.74) is 3.31. The minimum Gasteiger partial charge on any atom is -0.378 e. The van der Waals surface area contributed by atoms with Gasteiger partial charge in [-0.05, 0) is 49.8 Å². The molecule has 1 heterocycles. The Morgan fingerprint density at radius 1 is 1.16 bits per heavy atom. The molecule has 0 aliphatic heterocycles. The Kier molecular flexibility index (Phi) is 6.73. The zero-order valence-corrected chi connectivity index (χ0v) is 18.8. The summed E-state index contributed by atoms with van der Waals surface area (Å²) in [5.74, 6) is -0.531. The van der Waals surface area contributed by atoms with Gasteiger partial charge in [0.25, 0.3) is 11.5 Å². The second-order valence-corrected chi connectivity index (χ2v) is 8.29. The van der Waals surface area contributed by atoms with E-state index in [-0.39, 0.29) is 11.1 Å². The van der Waals surface area contributed by atoms with Crippen LogP contribution < -0.4 is 25.0 Å². The molecule has 7 heteroatoms. The van der Waals surface area contributed by atoms with Crippen LogP contribution in [0.2, 0.25) is 0 Å². The van der Waals surface area contributed by atoms with Gasteiger partial charge in [0.1, 0.15) is 10.7 Å². The zero-order valence-electron chi connectivity index (χ0n) is 18.0. The molecule has 1 aromatic heterocycles.